The fraction of sp³-hybridized carbons (Fsp3) is 0. The molecule has 0 atom stereocenters. The minimum Gasteiger partial charge on any atom is -0.744 e. The topological polar surface area (TPSA) is 165 Å². The van der Waals surface area contributed by atoms with Crippen LogP contribution in [0, 0.1) is 0 Å². The SMILES string of the molecule is Nc1ccc(N=Nc2ccc(S(=O)(=O)[O-])cc2)cc1S(=O)(=O)[O-]. The summed E-state index contributed by atoms with van der Waals surface area (Å²) in [5.41, 5.74) is 5.48. The Balaban J connectivity index is 2.31. The summed E-state index contributed by atoms with van der Waals surface area (Å²) in [7, 11) is -9.29. The van der Waals surface area contributed by atoms with E-state index in [1.54, 1.807) is 0 Å². The van der Waals surface area contributed by atoms with Crippen LogP contribution >= 0.6 is 0 Å². The van der Waals surface area contributed by atoms with Crippen molar-refractivity contribution in [3.8, 4) is 0 Å². The summed E-state index contributed by atoms with van der Waals surface area (Å²) in [4.78, 5) is -1.02. The van der Waals surface area contributed by atoms with Gasteiger partial charge in [-0.15, -0.1) is 0 Å². The van der Waals surface area contributed by atoms with Gasteiger partial charge < -0.3 is 14.8 Å². The van der Waals surface area contributed by atoms with Crippen LogP contribution in [0.4, 0.5) is 17.1 Å². The van der Waals surface area contributed by atoms with Crippen molar-refractivity contribution < 1.29 is 25.9 Å². The maximum absolute atomic E-state index is 11.0. The molecule has 2 aromatic rings. The van der Waals surface area contributed by atoms with Crippen molar-refractivity contribution in [2.45, 2.75) is 9.79 Å². The normalized spacial score (nSPS) is 12.6. The summed E-state index contributed by atoms with van der Waals surface area (Å²) in [6.45, 7) is 0. The maximum Gasteiger partial charge on any atom is 0.126 e. The molecule has 0 saturated heterocycles. The first-order valence-electron chi connectivity index (χ1n) is 5.90. The summed E-state index contributed by atoms with van der Waals surface area (Å²) >= 11 is 0. The number of benzene rings is 2. The Morgan fingerprint density at radius 2 is 1.30 bits per heavy atom. The van der Waals surface area contributed by atoms with Crippen LogP contribution in [-0.4, -0.2) is 25.9 Å². The number of rotatable bonds is 4. The minimum atomic E-state index is -4.74. The van der Waals surface area contributed by atoms with Gasteiger partial charge in [-0.2, -0.15) is 10.2 Å². The van der Waals surface area contributed by atoms with Gasteiger partial charge in [0.1, 0.15) is 20.2 Å². The Hall–Kier alpha value is -2.34. The molecule has 0 bridgehead atoms. The summed E-state index contributed by atoms with van der Waals surface area (Å²) < 4.78 is 65.4. The monoisotopic (exact) mass is 355 g/mol. The van der Waals surface area contributed by atoms with Gasteiger partial charge in [-0.05, 0) is 42.5 Å². The Bertz CT molecular complexity index is 966. The third kappa shape index (κ3) is 4.32. The van der Waals surface area contributed by atoms with E-state index in [1.165, 1.54) is 24.3 Å². The van der Waals surface area contributed by atoms with Crippen LogP contribution < -0.4 is 5.73 Å². The highest BCUT2D eigenvalue weighted by Gasteiger charge is 2.07. The van der Waals surface area contributed by atoms with Crippen molar-refractivity contribution in [3.63, 3.8) is 0 Å². The molecule has 0 radical (unpaired) electrons. The molecule has 2 N–H and O–H groups in total. The lowest BCUT2D eigenvalue weighted by atomic mass is 10.3. The van der Waals surface area contributed by atoms with E-state index in [4.69, 9.17) is 5.73 Å². The second kappa shape index (κ2) is 6.04. The van der Waals surface area contributed by atoms with Crippen LogP contribution in [-0.2, 0) is 20.2 Å². The average molecular weight is 355 g/mol. The van der Waals surface area contributed by atoms with Crippen LogP contribution in [0.3, 0.4) is 0 Å². The van der Waals surface area contributed by atoms with Gasteiger partial charge in [0.05, 0.1) is 21.2 Å². The van der Waals surface area contributed by atoms with Gasteiger partial charge in [0, 0.05) is 5.69 Å². The standard InChI is InChI=1S/C12H11N3O6S2/c13-11-6-3-9(7-12(11)23(19,20)21)15-14-8-1-4-10(5-2-8)22(16,17)18/h1-7H,13H2,(H,16,17,18)(H,19,20,21)/p-2. The van der Waals surface area contributed by atoms with Crippen molar-refractivity contribution >= 4 is 37.3 Å². The molecule has 0 saturated carbocycles. The highest BCUT2D eigenvalue weighted by molar-refractivity contribution is 7.86. The molecule has 0 amide bonds. The fourth-order valence-corrected chi connectivity index (χ4v) is 2.69. The Morgan fingerprint density at radius 3 is 1.83 bits per heavy atom. The third-order valence-corrected chi connectivity index (χ3v) is 4.41. The molecule has 11 heteroatoms. The molecule has 122 valence electrons. The zero-order valence-corrected chi connectivity index (χ0v) is 12.9. The van der Waals surface area contributed by atoms with Gasteiger partial charge in [-0.1, -0.05) is 0 Å². The molecule has 23 heavy (non-hydrogen) atoms. The third-order valence-electron chi connectivity index (χ3n) is 2.67. The predicted molar refractivity (Wildman–Crippen MR) is 77.4 cm³/mol. The average Bonchev–Trinajstić information content (AvgIpc) is 2.44. The Morgan fingerprint density at radius 1 is 0.783 bits per heavy atom. The van der Waals surface area contributed by atoms with E-state index in [2.05, 4.69) is 10.2 Å². The molecule has 0 aromatic heterocycles. The van der Waals surface area contributed by atoms with Crippen LogP contribution in [0.15, 0.2) is 62.5 Å². The van der Waals surface area contributed by atoms with Gasteiger partial charge in [0.2, 0.25) is 0 Å². The van der Waals surface area contributed by atoms with Gasteiger partial charge in [0.25, 0.3) is 0 Å². The summed E-state index contributed by atoms with van der Waals surface area (Å²) in [6.07, 6.45) is 0. The van der Waals surface area contributed by atoms with Gasteiger partial charge in [-0.25, -0.2) is 16.8 Å². The molecule has 2 rings (SSSR count). The van der Waals surface area contributed by atoms with Gasteiger partial charge >= 0.3 is 0 Å². The number of nitrogens with two attached hydrogens (primary N) is 1. The van der Waals surface area contributed by atoms with Gasteiger partial charge in [0.15, 0.2) is 0 Å². The van der Waals surface area contributed by atoms with E-state index >= 15 is 0 Å². The fourth-order valence-electron chi connectivity index (χ4n) is 1.60. The van der Waals surface area contributed by atoms with Crippen LogP contribution in [0.2, 0.25) is 0 Å². The minimum absolute atomic E-state index is 0.0640. The number of azo groups is 1. The van der Waals surface area contributed by atoms with E-state index in [-0.39, 0.29) is 17.1 Å². The second-order valence-corrected chi connectivity index (χ2v) is 7.05. The maximum atomic E-state index is 11.0. The van der Waals surface area contributed by atoms with Crippen molar-refractivity contribution in [1.82, 2.24) is 0 Å². The number of hydrogen-bond donors (Lipinski definition) is 1. The number of nitrogens with zero attached hydrogens (tertiary/aromatic N) is 2. The first-order valence-corrected chi connectivity index (χ1v) is 8.72. The molecule has 0 heterocycles. The molecular formula is C12H9N3O6S2-2. The zero-order valence-electron chi connectivity index (χ0n) is 11.3. The molecule has 0 aliphatic heterocycles. The highest BCUT2D eigenvalue weighted by atomic mass is 32.2. The zero-order chi connectivity index (χ0) is 17.3. The lowest BCUT2D eigenvalue weighted by Gasteiger charge is -2.10. The van der Waals surface area contributed by atoms with Gasteiger partial charge in [-0.3, -0.25) is 0 Å². The van der Waals surface area contributed by atoms with Crippen LogP contribution in [0.1, 0.15) is 0 Å². The van der Waals surface area contributed by atoms with E-state index < -0.39 is 30.0 Å². The van der Waals surface area contributed by atoms with E-state index in [0.717, 1.165) is 18.2 Å². The molecular weight excluding hydrogens is 346 g/mol. The summed E-state index contributed by atoms with van der Waals surface area (Å²) in [5, 5.41) is 7.47. The Kier molecular flexibility index (Phi) is 4.47. The highest BCUT2D eigenvalue weighted by Crippen LogP contribution is 2.26. The van der Waals surface area contributed by atoms with Crippen LogP contribution in [0.5, 0.6) is 0 Å². The van der Waals surface area contributed by atoms with Crippen molar-refractivity contribution in [2.24, 2.45) is 10.2 Å². The quantitative estimate of drug-likeness (QED) is 0.492. The molecule has 0 fully saturated rings. The molecule has 0 aliphatic rings. The first-order chi connectivity index (χ1) is 10.6. The summed E-state index contributed by atoms with van der Waals surface area (Å²) in [5.74, 6) is 0. The number of hydrogen-bond acceptors (Lipinski definition) is 9. The molecule has 0 aliphatic carbocycles. The smallest absolute Gasteiger partial charge is 0.126 e. The molecule has 0 unspecified atom stereocenters. The predicted octanol–water partition coefficient (Wildman–Crippen LogP) is 1.49. The summed E-state index contributed by atoms with van der Waals surface area (Å²) in [6, 6.07) is 8.14. The van der Waals surface area contributed by atoms with E-state index in [1.807, 2.05) is 0 Å². The van der Waals surface area contributed by atoms with E-state index in [0.29, 0.717) is 0 Å². The van der Waals surface area contributed by atoms with E-state index in [9.17, 15) is 25.9 Å². The number of nitrogen functional groups attached to an aromatic ring is 1. The molecule has 9 nitrogen and oxygen atoms in total. The van der Waals surface area contributed by atoms with Crippen molar-refractivity contribution in [3.05, 3.63) is 42.5 Å². The molecule has 0 spiro atoms. The van der Waals surface area contributed by atoms with Crippen molar-refractivity contribution in [2.75, 3.05) is 5.73 Å². The number of anilines is 1. The first kappa shape index (κ1) is 17.0. The van der Waals surface area contributed by atoms with Crippen molar-refractivity contribution in [1.29, 1.82) is 0 Å². The Labute approximate surface area is 132 Å². The lowest BCUT2D eigenvalue weighted by molar-refractivity contribution is 0.461. The largest absolute Gasteiger partial charge is 0.744 e. The van der Waals surface area contributed by atoms with Crippen LogP contribution in [0.25, 0.3) is 0 Å². The lowest BCUT2D eigenvalue weighted by Crippen LogP contribution is -2.02. The second-order valence-electron chi connectivity index (χ2n) is 4.32. The molecule has 2 aromatic carbocycles.